The summed E-state index contributed by atoms with van der Waals surface area (Å²) in [6.45, 7) is 0. The zero-order valence-corrected chi connectivity index (χ0v) is 7.79. The molecule has 13 heavy (non-hydrogen) atoms. The van der Waals surface area contributed by atoms with Crippen LogP contribution in [0.5, 0.6) is 0 Å². The largest absolute Gasteiger partial charge is 0.481 e. The van der Waals surface area contributed by atoms with Gasteiger partial charge in [0.05, 0.1) is 12.7 Å². The van der Waals surface area contributed by atoms with Crippen molar-refractivity contribution in [3.8, 4) is 0 Å². The molecule has 0 bridgehead atoms. The number of hydrogen-bond acceptors (Lipinski definition) is 3. The van der Waals surface area contributed by atoms with Crippen LogP contribution < -0.4 is 5.73 Å². The Morgan fingerprint density at radius 3 is 2.85 bits per heavy atom. The predicted octanol–water partition coefficient (Wildman–Crippen LogP) is 1.05. The van der Waals surface area contributed by atoms with Crippen molar-refractivity contribution < 1.29 is 14.3 Å². The lowest BCUT2D eigenvalue weighted by atomic mass is 10.1. The van der Waals surface area contributed by atoms with E-state index < -0.39 is 5.97 Å². The lowest BCUT2D eigenvalue weighted by Gasteiger charge is -2.04. The van der Waals surface area contributed by atoms with Crippen LogP contribution in [0.25, 0.3) is 0 Å². The fourth-order valence-electron chi connectivity index (χ4n) is 0.984. The Kier molecular flexibility index (Phi) is 5.18. The summed E-state index contributed by atoms with van der Waals surface area (Å²) in [6, 6.07) is 3.17. The van der Waals surface area contributed by atoms with Crippen molar-refractivity contribution in [1.29, 1.82) is 0 Å². The molecule has 1 heterocycles. The second-order valence-corrected chi connectivity index (χ2v) is 2.64. The number of carboxylic acids is 1. The van der Waals surface area contributed by atoms with E-state index in [2.05, 4.69) is 0 Å². The Morgan fingerprint density at radius 1 is 1.69 bits per heavy atom. The number of carboxylic acid groups (broad SMARTS) is 1. The smallest absolute Gasteiger partial charge is 0.304 e. The number of aliphatic carboxylic acids is 1. The van der Waals surface area contributed by atoms with Gasteiger partial charge in [0, 0.05) is 12.5 Å². The quantitative estimate of drug-likeness (QED) is 0.770. The third-order valence-corrected chi connectivity index (χ3v) is 1.48. The summed E-state index contributed by atoms with van der Waals surface area (Å²) in [5.41, 5.74) is 5.52. The number of rotatable bonds is 4. The van der Waals surface area contributed by atoms with Gasteiger partial charge in [0.2, 0.25) is 0 Å². The number of halogens is 1. The molecule has 1 rings (SSSR count). The van der Waals surface area contributed by atoms with Gasteiger partial charge in [0.1, 0.15) is 5.76 Å². The fraction of sp³-hybridized carbons (Fsp3) is 0.375. The van der Waals surface area contributed by atoms with Crippen LogP contribution in [0.3, 0.4) is 0 Å². The topological polar surface area (TPSA) is 76.5 Å². The van der Waals surface area contributed by atoms with Gasteiger partial charge in [-0.2, -0.15) is 0 Å². The maximum absolute atomic E-state index is 10.2. The number of furan rings is 1. The van der Waals surface area contributed by atoms with Crippen molar-refractivity contribution in [3.63, 3.8) is 0 Å². The van der Waals surface area contributed by atoms with Crippen LogP contribution in [-0.4, -0.2) is 17.1 Å². The summed E-state index contributed by atoms with van der Waals surface area (Å²) in [4.78, 5) is 10.2. The van der Waals surface area contributed by atoms with Gasteiger partial charge in [-0.15, -0.1) is 12.4 Å². The van der Waals surface area contributed by atoms with Crippen molar-refractivity contribution >= 4 is 18.4 Å². The zero-order valence-electron chi connectivity index (χ0n) is 6.97. The summed E-state index contributed by atoms with van der Waals surface area (Å²) in [7, 11) is 0. The average molecular weight is 206 g/mol. The summed E-state index contributed by atoms with van der Waals surface area (Å²) in [5, 5.41) is 8.40. The molecule has 74 valence electrons. The standard InChI is InChI=1S/C8H11NO3.ClH/c9-6(5-8(10)11)4-7-2-1-3-12-7;/h1-3,6H,4-5,9H2,(H,10,11);1H/t6-;/m1./s1. The molecule has 0 unspecified atom stereocenters. The van der Waals surface area contributed by atoms with Gasteiger partial charge >= 0.3 is 5.97 Å². The van der Waals surface area contributed by atoms with Gasteiger partial charge in [0.15, 0.2) is 0 Å². The summed E-state index contributed by atoms with van der Waals surface area (Å²) in [5.74, 6) is -0.155. The lowest BCUT2D eigenvalue weighted by Crippen LogP contribution is -2.25. The molecular formula is C8H12ClNO3. The molecule has 0 aliphatic heterocycles. The molecule has 3 N–H and O–H groups in total. The molecule has 0 saturated carbocycles. The van der Waals surface area contributed by atoms with Crippen molar-refractivity contribution in [1.82, 2.24) is 0 Å². The number of hydrogen-bond donors (Lipinski definition) is 2. The molecule has 1 atom stereocenters. The van der Waals surface area contributed by atoms with Crippen LogP contribution in [0.4, 0.5) is 0 Å². The average Bonchev–Trinajstić information content (AvgIpc) is 2.37. The van der Waals surface area contributed by atoms with E-state index >= 15 is 0 Å². The highest BCUT2D eigenvalue weighted by Gasteiger charge is 2.09. The minimum absolute atomic E-state index is 0. The minimum Gasteiger partial charge on any atom is -0.481 e. The fourth-order valence-corrected chi connectivity index (χ4v) is 0.984. The predicted molar refractivity (Wildman–Crippen MR) is 49.9 cm³/mol. The van der Waals surface area contributed by atoms with Crippen molar-refractivity contribution in [2.24, 2.45) is 5.73 Å². The maximum Gasteiger partial charge on any atom is 0.304 e. The summed E-state index contributed by atoms with van der Waals surface area (Å²) < 4.78 is 5.01. The van der Waals surface area contributed by atoms with E-state index in [0.29, 0.717) is 6.42 Å². The van der Waals surface area contributed by atoms with Crippen molar-refractivity contribution in [2.75, 3.05) is 0 Å². The molecule has 0 amide bonds. The van der Waals surface area contributed by atoms with Crippen LogP contribution in [0.1, 0.15) is 12.2 Å². The van der Waals surface area contributed by atoms with Gasteiger partial charge < -0.3 is 15.3 Å². The highest BCUT2D eigenvalue weighted by Crippen LogP contribution is 2.04. The molecule has 0 aliphatic rings. The van der Waals surface area contributed by atoms with Crippen LogP contribution >= 0.6 is 12.4 Å². The first-order chi connectivity index (χ1) is 5.68. The molecule has 0 fully saturated rings. The second kappa shape index (κ2) is 5.61. The Balaban J connectivity index is 0.00000144. The first-order valence-electron chi connectivity index (χ1n) is 3.68. The van der Waals surface area contributed by atoms with Crippen LogP contribution in [0, 0.1) is 0 Å². The van der Waals surface area contributed by atoms with E-state index in [-0.39, 0.29) is 24.9 Å². The van der Waals surface area contributed by atoms with Crippen LogP contribution in [0.2, 0.25) is 0 Å². The van der Waals surface area contributed by atoms with Gasteiger partial charge in [-0.25, -0.2) is 0 Å². The first-order valence-corrected chi connectivity index (χ1v) is 3.68. The van der Waals surface area contributed by atoms with E-state index in [9.17, 15) is 4.79 Å². The Morgan fingerprint density at radius 2 is 2.38 bits per heavy atom. The van der Waals surface area contributed by atoms with Crippen LogP contribution in [0.15, 0.2) is 22.8 Å². The van der Waals surface area contributed by atoms with Gasteiger partial charge in [-0.3, -0.25) is 4.79 Å². The highest BCUT2D eigenvalue weighted by atomic mass is 35.5. The Labute approximate surface area is 82.1 Å². The van der Waals surface area contributed by atoms with Crippen molar-refractivity contribution in [3.05, 3.63) is 24.2 Å². The number of nitrogens with two attached hydrogens (primary N) is 1. The summed E-state index contributed by atoms with van der Waals surface area (Å²) >= 11 is 0. The highest BCUT2D eigenvalue weighted by molar-refractivity contribution is 5.85. The molecule has 0 aromatic carbocycles. The SMILES string of the molecule is Cl.N[C@@H](CC(=O)O)Cc1ccco1. The van der Waals surface area contributed by atoms with Crippen LogP contribution in [-0.2, 0) is 11.2 Å². The van der Waals surface area contributed by atoms with E-state index in [1.165, 1.54) is 0 Å². The van der Waals surface area contributed by atoms with E-state index in [1.807, 2.05) is 0 Å². The van der Waals surface area contributed by atoms with Gasteiger partial charge in [0.25, 0.3) is 0 Å². The lowest BCUT2D eigenvalue weighted by molar-refractivity contribution is -0.137. The maximum atomic E-state index is 10.2. The normalized spacial score (nSPS) is 11.8. The van der Waals surface area contributed by atoms with Gasteiger partial charge in [-0.05, 0) is 12.1 Å². The molecule has 5 heteroatoms. The monoisotopic (exact) mass is 205 g/mol. The van der Waals surface area contributed by atoms with Crippen molar-refractivity contribution in [2.45, 2.75) is 18.9 Å². The Bertz CT molecular complexity index is 248. The molecule has 1 aromatic rings. The first kappa shape index (κ1) is 12.0. The molecule has 0 saturated heterocycles. The Hall–Kier alpha value is -1.00. The zero-order chi connectivity index (χ0) is 8.97. The molecule has 0 aliphatic carbocycles. The van der Waals surface area contributed by atoms with E-state index in [0.717, 1.165) is 5.76 Å². The second-order valence-electron chi connectivity index (χ2n) is 2.64. The van der Waals surface area contributed by atoms with E-state index in [1.54, 1.807) is 18.4 Å². The summed E-state index contributed by atoms with van der Waals surface area (Å²) in [6.07, 6.45) is 1.99. The minimum atomic E-state index is -0.881. The molecule has 1 aromatic heterocycles. The van der Waals surface area contributed by atoms with Gasteiger partial charge in [-0.1, -0.05) is 0 Å². The van der Waals surface area contributed by atoms with E-state index in [4.69, 9.17) is 15.3 Å². The third kappa shape index (κ3) is 4.55. The molecule has 0 spiro atoms. The molecule has 4 nitrogen and oxygen atoms in total. The molecular weight excluding hydrogens is 194 g/mol. The molecule has 0 radical (unpaired) electrons. The number of carbonyl (C=O) groups is 1. The third-order valence-electron chi connectivity index (χ3n) is 1.48.